The van der Waals surface area contributed by atoms with Gasteiger partial charge in [0.1, 0.15) is 0 Å². The van der Waals surface area contributed by atoms with Gasteiger partial charge in [0.05, 0.1) is 0 Å². The molecule has 0 N–H and O–H groups in total. The number of rotatable bonds is 0. The summed E-state index contributed by atoms with van der Waals surface area (Å²) in [7, 11) is 0. The molecule has 1 heterocycles. The van der Waals surface area contributed by atoms with Crippen LogP contribution in [-0.2, 0) is 0 Å². The van der Waals surface area contributed by atoms with Crippen LogP contribution >= 0.6 is 12.8 Å². The molecule has 2 atom stereocenters. The Morgan fingerprint density at radius 2 is 1.67 bits per heavy atom. The molecule has 9 heavy (non-hydrogen) atoms. The fourth-order valence-electron chi connectivity index (χ4n) is 1.63. The van der Waals surface area contributed by atoms with E-state index in [9.17, 15) is 0 Å². The molecule has 54 valence electrons. The van der Waals surface area contributed by atoms with E-state index in [2.05, 4.69) is 31.0 Å². The van der Waals surface area contributed by atoms with Gasteiger partial charge in [-0.15, -0.1) is 0 Å². The molecule has 0 aromatic rings. The average Bonchev–Trinajstić information content (AvgIpc) is 1.59. The molecular formula is C7H15NS. The smallest absolute Gasteiger partial charge is 0.0113 e. The number of thiol groups is 1. The molecule has 0 aromatic carbocycles. The van der Waals surface area contributed by atoms with Gasteiger partial charge >= 0.3 is 0 Å². The second-order valence-electron chi connectivity index (χ2n) is 3.32. The lowest BCUT2D eigenvalue weighted by molar-refractivity contribution is 0.239. The fraction of sp³-hybridized carbons (Fsp3) is 1.00. The minimum atomic E-state index is 0.839. The Kier molecular flexibility index (Phi) is 2.42. The Hall–Kier alpha value is 0.310. The van der Waals surface area contributed by atoms with E-state index >= 15 is 0 Å². The van der Waals surface area contributed by atoms with Gasteiger partial charge in [-0.05, 0) is 18.3 Å². The van der Waals surface area contributed by atoms with Crippen molar-refractivity contribution in [1.29, 1.82) is 0 Å². The lowest BCUT2D eigenvalue weighted by Gasteiger charge is -2.30. The lowest BCUT2D eigenvalue weighted by Crippen LogP contribution is -2.32. The third kappa shape index (κ3) is 2.18. The topological polar surface area (TPSA) is 3.24 Å². The van der Waals surface area contributed by atoms with E-state index in [-0.39, 0.29) is 0 Å². The maximum Gasteiger partial charge on any atom is 0.0113 e. The summed E-state index contributed by atoms with van der Waals surface area (Å²) < 4.78 is 2.12. The van der Waals surface area contributed by atoms with Gasteiger partial charge in [-0.3, -0.25) is 4.31 Å². The minimum Gasteiger partial charge on any atom is -0.253 e. The van der Waals surface area contributed by atoms with Crippen molar-refractivity contribution in [2.24, 2.45) is 11.8 Å². The van der Waals surface area contributed by atoms with Crippen molar-refractivity contribution in [2.45, 2.75) is 20.3 Å². The van der Waals surface area contributed by atoms with Crippen LogP contribution < -0.4 is 0 Å². The van der Waals surface area contributed by atoms with Crippen molar-refractivity contribution in [1.82, 2.24) is 4.31 Å². The summed E-state index contributed by atoms with van der Waals surface area (Å²) in [6, 6.07) is 0. The fourth-order valence-corrected chi connectivity index (χ4v) is 2.19. The molecule has 1 nitrogen and oxygen atoms in total. The molecule has 0 aliphatic carbocycles. The first kappa shape index (κ1) is 7.42. The highest BCUT2D eigenvalue weighted by atomic mass is 32.1. The molecule has 0 unspecified atom stereocenters. The van der Waals surface area contributed by atoms with Gasteiger partial charge in [0.25, 0.3) is 0 Å². The zero-order valence-electron chi connectivity index (χ0n) is 6.17. The molecule has 1 fully saturated rings. The molecule has 1 saturated heterocycles. The zero-order chi connectivity index (χ0) is 6.85. The molecule has 0 bridgehead atoms. The summed E-state index contributed by atoms with van der Waals surface area (Å²) >= 11 is 4.31. The summed E-state index contributed by atoms with van der Waals surface area (Å²) in [5.74, 6) is 1.68. The summed E-state index contributed by atoms with van der Waals surface area (Å²) in [6.07, 6.45) is 1.37. The van der Waals surface area contributed by atoms with E-state index in [4.69, 9.17) is 0 Å². The summed E-state index contributed by atoms with van der Waals surface area (Å²) in [5, 5.41) is 0. The zero-order valence-corrected chi connectivity index (χ0v) is 7.06. The van der Waals surface area contributed by atoms with Gasteiger partial charge in [0, 0.05) is 13.1 Å². The maximum absolute atomic E-state index is 4.31. The normalized spacial score (nSPS) is 39.0. The third-order valence-corrected chi connectivity index (χ3v) is 2.18. The molecule has 1 rings (SSSR count). The van der Waals surface area contributed by atoms with Crippen molar-refractivity contribution in [3.63, 3.8) is 0 Å². The second kappa shape index (κ2) is 2.93. The van der Waals surface area contributed by atoms with Crippen LogP contribution in [0, 0.1) is 11.8 Å². The van der Waals surface area contributed by atoms with Crippen LogP contribution in [0.2, 0.25) is 0 Å². The van der Waals surface area contributed by atoms with E-state index < -0.39 is 0 Å². The molecule has 0 amide bonds. The SMILES string of the molecule is C[C@H]1C[C@H](C)CN(S)C1. The minimum absolute atomic E-state index is 0.839. The molecule has 0 spiro atoms. The lowest BCUT2D eigenvalue weighted by atomic mass is 9.94. The van der Waals surface area contributed by atoms with Crippen LogP contribution in [0.25, 0.3) is 0 Å². The number of hydrogen-bond donors (Lipinski definition) is 1. The van der Waals surface area contributed by atoms with Gasteiger partial charge in [0.2, 0.25) is 0 Å². The van der Waals surface area contributed by atoms with Gasteiger partial charge in [0.15, 0.2) is 0 Å². The van der Waals surface area contributed by atoms with Crippen molar-refractivity contribution in [3.8, 4) is 0 Å². The highest BCUT2D eigenvalue weighted by molar-refractivity contribution is 7.77. The van der Waals surface area contributed by atoms with E-state index in [1.165, 1.54) is 6.42 Å². The predicted molar refractivity (Wildman–Crippen MR) is 43.5 cm³/mol. The van der Waals surface area contributed by atoms with Crippen molar-refractivity contribution < 1.29 is 0 Å². The number of hydrogen-bond acceptors (Lipinski definition) is 2. The van der Waals surface area contributed by atoms with Crippen LogP contribution in [0.1, 0.15) is 20.3 Å². The first-order chi connectivity index (χ1) is 4.18. The van der Waals surface area contributed by atoms with Crippen molar-refractivity contribution >= 4 is 12.8 Å². The Balaban J connectivity index is 2.34. The van der Waals surface area contributed by atoms with Crippen LogP contribution in [0.5, 0.6) is 0 Å². The van der Waals surface area contributed by atoms with Crippen LogP contribution in [0.15, 0.2) is 0 Å². The van der Waals surface area contributed by atoms with Crippen LogP contribution in [0.3, 0.4) is 0 Å². The van der Waals surface area contributed by atoms with E-state index in [0.29, 0.717) is 0 Å². The summed E-state index contributed by atoms with van der Waals surface area (Å²) in [4.78, 5) is 0. The van der Waals surface area contributed by atoms with E-state index in [1.54, 1.807) is 0 Å². The molecular weight excluding hydrogens is 130 g/mol. The summed E-state index contributed by atoms with van der Waals surface area (Å²) in [6.45, 7) is 6.90. The maximum atomic E-state index is 4.31. The summed E-state index contributed by atoms with van der Waals surface area (Å²) in [5.41, 5.74) is 0. The molecule has 0 saturated carbocycles. The predicted octanol–water partition coefficient (Wildman–Crippen LogP) is 1.81. The number of piperidine rings is 1. The number of nitrogens with zero attached hydrogens (tertiary/aromatic N) is 1. The van der Waals surface area contributed by atoms with Gasteiger partial charge in [-0.1, -0.05) is 26.7 Å². The Morgan fingerprint density at radius 3 is 2.00 bits per heavy atom. The van der Waals surface area contributed by atoms with Gasteiger partial charge in [-0.2, -0.15) is 0 Å². The quantitative estimate of drug-likeness (QED) is 0.509. The first-order valence-corrected chi connectivity index (χ1v) is 4.02. The Bertz CT molecular complexity index is 69.9. The van der Waals surface area contributed by atoms with Gasteiger partial charge in [-0.25, -0.2) is 0 Å². The molecule has 1 aliphatic rings. The Labute approximate surface area is 63.0 Å². The van der Waals surface area contributed by atoms with Crippen molar-refractivity contribution in [3.05, 3.63) is 0 Å². The van der Waals surface area contributed by atoms with E-state index in [1.807, 2.05) is 0 Å². The molecule has 0 aromatic heterocycles. The molecule has 1 aliphatic heterocycles. The van der Waals surface area contributed by atoms with E-state index in [0.717, 1.165) is 24.9 Å². The second-order valence-corrected chi connectivity index (χ2v) is 3.88. The van der Waals surface area contributed by atoms with Crippen LogP contribution in [-0.4, -0.2) is 17.4 Å². The molecule has 0 radical (unpaired) electrons. The van der Waals surface area contributed by atoms with Crippen LogP contribution in [0.4, 0.5) is 0 Å². The standard InChI is InChI=1S/C7H15NS/c1-6-3-7(2)5-8(9)4-6/h6-7,9H,3-5H2,1-2H3/t6-,7-/m0/s1. The average molecular weight is 145 g/mol. The monoisotopic (exact) mass is 145 g/mol. The van der Waals surface area contributed by atoms with Gasteiger partial charge < -0.3 is 0 Å². The van der Waals surface area contributed by atoms with Crippen molar-refractivity contribution in [2.75, 3.05) is 13.1 Å². The largest absolute Gasteiger partial charge is 0.253 e. The first-order valence-electron chi connectivity index (χ1n) is 3.62. The highest BCUT2D eigenvalue weighted by Gasteiger charge is 2.18. The highest BCUT2D eigenvalue weighted by Crippen LogP contribution is 2.21. The Morgan fingerprint density at radius 1 is 1.22 bits per heavy atom. The third-order valence-electron chi connectivity index (χ3n) is 1.85. The molecule has 2 heteroatoms.